The molecular weight excluding hydrogens is 276 g/mol. The van der Waals surface area contributed by atoms with Gasteiger partial charge in [-0.2, -0.15) is 5.10 Å². The van der Waals surface area contributed by atoms with Crippen LogP contribution in [0.4, 0.5) is 10.6 Å². The first kappa shape index (κ1) is 13.4. The number of aryl methyl sites for hydroxylation is 2. The molecule has 2 N–H and O–H groups in total. The molecule has 5 heteroatoms. The molecule has 114 valence electrons. The first-order valence-electron chi connectivity index (χ1n) is 7.80. The van der Waals surface area contributed by atoms with Gasteiger partial charge in [0.05, 0.1) is 0 Å². The van der Waals surface area contributed by atoms with Crippen molar-refractivity contribution >= 4 is 11.8 Å². The zero-order valence-corrected chi connectivity index (χ0v) is 12.7. The van der Waals surface area contributed by atoms with Crippen LogP contribution in [0.5, 0.6) is 0 Å². The Labute approximate surface area is 129 Å². The number of fused-ring (bicyclic) bond motifs is 2. The molecule has 0 radical (unpaired) electrons. The van der Waals surface area contributed by atoms with Crippen molar-refractivity contribution in [2.75, 3.05) is 11.9 Å². The SMILES string of the molecule is Cn1ccc(NC(=O)NC[C@@H]2C[C@]23CCc2ccccc23)n1. The summed E-state index contributed by atoms with van der Waals surface area (Å²) < 4.78 is 1.67. The number of aromatic nitrogens is 2. The molecule has 1 aromatic heterocycles. The molecular formula is C17H20N4O. The molecule has 0 bridgehead atoms. The second kappa shape index (κ2) is 4.87. The van der Waals surface area contributed by atoms with Crippen molar-refractivity contribution in [2.24, 2.45) is 13.0 Å². The number of rotatable bonds is 3. The highest BCUT2D eigenvalue weighted by atomic mass is 16.2. The maximum absolute atomic E-state index is 11.9. The van der Waals surface area contributed by atoms with E-state index in [1.165, 1.54) is 30.4 Å². The van der Waals surface area contributed by atoms with E-state index in [4.69, 9.17) is 0 Å². The van der Waals surface area contributed by atoms with Gasteiger partial charge in [-0.05, 0) is 36.3 Å². The maximum atomic E-state index is 11.9. The molecule has 2 amide bonds. The van der Waals surface area contributed by atoms with Gasteiger partial charge in [-0.1, -0.05) is 24.3 Å². The zero-order chi connectivity index (χ0) is 15.2. The van der Waals surface area contributed by atoms with Crippen LogP contribution in [0.1, 0.15) is 24.0 Å². The summed E-state index contributed by atoms with van der Waals surface area (Å²) in [7, 11) is 1.83. The lowest BCUT2D eigenvalue weighted by Gasteiger charge is -2.12. The van der Waals surface area contributed by atoms with E-state index in [0.29, 0.717) is 17.2 Å². The molecule has 22 heavy (non-hydrogen) atoms. The van der Waals surface area contributed by atoms with Gasteiger partial charge in [0, 0.05) is 31.3 Å². The van der Waals surface area contributed by atoms with Crippen LogP contribution in [0.15, 0.2) is 36.5 Å². The smallest absolute Gasteiger partial charge is 0.320 e. The molecule has 1 fully saturated rings. The predicted octanol–water partition coefficient (Wildman–Crippen LogP) is 2.45. The van der Waals surface area contributed by atoms with E-state index in [2.05, 4.69) is 40.0 Å². The van der Waals surface area contributed by atoms with E-state index in [9.17, 15) is 4.79 Å². The van der Waals surface area contributed by atoms with Crippen LogP contribution >= 0.6 is 0 Å². The molecule has 1 spiro atoms. The topological polar surface area (TPSA) is 59.0 Å². The number of hydrogen-bond acceptors (Lipinski definition) is 2. The van der Waals surface area contributed by atoms with Crippen LogP contribution in [-0.2, 0) is 18.9 Å². The average molecular weight is 296 g/mol. The second-order valence-corrected chi connectivity index (χ2v) is 6.42. The average Bonchev–Trinajstić information content (AvgIpc) is 2.87. The molecule has 1 saturated carbocycles. The molecule has 0 saturated heterocycles. The Morgan fingerprint density at radius 2 is 2.27 bits per heavy atom. The number of benzene rings is 1. The lowest BCUT2D eigenvalue weighted by Crippen LogP contribution is -2.31. The monoisotopic (exact) mass is 296 g/mol. The van der Waals surface area contributed by atoms with Crippen LogP contribution in [-0.4, -0.2) is 22.4 Å². The summed E-state index contributed by atoms with van der Waals surface area (Å²) in [6.45, 7) is 0.729. The van der Waals surface area contributed by atoms with Crippen molar-refractivity contribution in [2.45, 2.75) is 24.7 Å². The van der Waals surface area contributed by atoms with E-state index in [1.54, 1.807) is 16.9 Å². The number of nitrogens with zero attached hydrogens (tertiary/aromatic N) is 2. The number of hydrogen-bond donors (Lipinski definition) is 2. The summed E-state index contributed by atoms with van der Waals surface area (Å²) in [6, 6.07) is 10.4. The Kier molecular flexibility index (Phi) is 2.96. The Hall–Kier alpha value is -2.30. The molecule has 0 aliphatic heterocycles. The van der Waals surface area contributed by atoms with Gasteiger partial charge in [-0.3, -0.25) is 10.00 Å². The molecule has 1 heterocycles. The van der Waals surface area contributed by atoms with Crippen molar-refractivity contribution in [3.63, 3.8) is 0 Å². The standard InChI is InChI=1S/C17H20N4O/c1-21-9-7-15(20-21)19-16(22)18-11-13-10-17(13)8-6-12-4-2-3-5-14(12)17/h2-5,7,9,13H,6,8,10-11H2,1H3,(H2,18,19,20,22)/t13-,17+/m0/s1. The summed E-state index contributed by atoms with van der Waals surface area (Å²) in [5.41, 5.74) is 3.32. The largest absolute Gasteiger partial charge is 0.338 e. The summed E-state index contributed by atoms with van der Waals surface area (Å²) in [5, 5.41) is 9.89. The maximum Gasteiger partial charge on any atom is 0.320 e. The van der Waals surface area contributed by atoms with Crippen molar-refractivity contribution in [3.05, 3.63) is 47.7 Å². The van der Waals surface area contributed by atoms with Gasteiger partial charge in [0.15, 0.2) is 5.82 Å². The zero-order valence-electron chi connectivity index (χ0n) is 12.7. The fourth-order valence-electron chi connectivity index (χ4n) is 3.86. The van der Waals surface area contributed by atoms with Gasteiger partial charge < -0.3 is 5.32 Å². The van der Waals surface area contributed by atoms with Gasteiger partial charge in [-0.15, -0.1) is 0 Å². The quantitative estimate of drug-likeness (QED) is 0.914. The van der Waals surface area contributed by atoms with Crippen molar-refractivity contribution in [1.82, 2.24) is 15.1 Å². The number of amides is 2. The highest BCUT2D eigenvalue weighted by molar-refractivity contribution is 5.88. The van der Waals surface area contributed by atoms with Crippen LogP contribution in [0.2, 0.25) is 0 Å². The number of carbonyl (C=O) groups is 1. The number of anilines is 1. The fourth-order valence-corrected chi connectivity index (χ4v) is 3.86. The minimum Gasteiger partial charge on any atom is -0.338 e. The highest BCUT2D eigenvalue weighted by Crippen LogP contribution is 2.61. The minimum absolute atomic E-state index is 0.174. The molecule has 2 aliphatic carbocycles. The van der Waals surface area contributed by atoms with Crippen LogP contribution in [0, 0.1) is 5.92 Å². The Morgan fingerprint density at radius 3 is 3.09 bits per heavy atom. The summed E-state index contributed by atoms with van der Waals surface area (Å²) in [4.78, 5) is 11.9. The Bertz CT molecular complexity index is 723. The van der Waals surface area contributed by atoms with Crippen LogP contribution in [0.3, 0.4) is 0 Å². The van der Waals surface area contributed by atoms with E-state index in [1.807, 2.05) is 7.05 Å². The van der Waals surface area contributed by atoms with Crippen molar-refractivity contribution < 1.29 is 4.79 Å². The highest BCUT2D eigenvalue weighted by Gasteiger charge is 2.57. The molecule has 2 atom stereocenters. The van der Waals surface area contributed by atoms with E-state index in [0.717, 1.165) is 6.54 Å². The van der Waals surface area contributed by atoms with Gasteiger partial charge in [-0.25, -0.2) is 4.79 Å². The van der Waals surface area contributed by atoms with Crippen LogP contribution in [0.25, 0.3) is 0 Å². The third-order valence-corrected chi connectivity index (χ3v) is 5.09. The van der Waals surface area contributed by atoms with Crippen molar-refractivity contribution in [3.8, 4) is 0 Å². The van der Waals surface area contributed by atoms with Gasteiger partial charge in [0.2, 0.25) is 0 Å². The third-order valence-electron chi connectivity index (χ3n) is 5.09. The minimum atomic E-state index is -0.174. The lowest BCUT2D eigenvalue weighted by atomic mass is 9.95. The summed E-state index contributed by atoms with van der Waals surface area (Å²) in [6.07, 6.45) is 5.39. The van der Waals surface area contributed by atoms with Gasteiger partial charge >= 0.3 is 6.03 Å². The number of carbonyl (C=O) groups excluding carboxylic acids is 1. The van der Waals surface area contributed by atoms with E-state index < -0.39 is 0 Å². The molecule has 4 rings (SSSR count). The molecule has 5 nitrogen and oxygen atoms in total. The molecule has 1 aromatic carbocycles. The Balaban J connectivity index is 1.34. The number of nitrogens with one attached hydrogen (secondary N) is 2. The molecule has 0 unspecified atom stereocenters. The fraction of sp³-hybridized carbons (Fsp3) is 0.412. The van der Waals surface area contributed by atoms with Crippen LogP contribution < -0.4 is 10.6 Å². The van der Waals surface area contributed by atoms with Crippen molar-refractivity contribution in [1.29, 1.82) is 0 Å². The number of urea groups is 1. The first-order valence-corrected chi connectivity index (χ1v) is 7.80. The normalized spacial score (nSPS) is 25.0. The van der Waals surface area contributed by atoms with Gasteiger partial charge in [0.1, 0.15) is 0 Å². The molecule has 2 aliphatic rings. The first-order chi connectivity index (χ1) is 10.7. The van der Waals surface area contributed by atoms with Gasteiger partial charge in [0.25, 0.3) is 0 Å². The molecule has 2 aromatic rings. The predicted molar refractivity (Wildman–Crippen MR) is 84.8 cm³/mol. The Morgan fingerprint density at radius 1 is 1.41 bits per heavy atom. The van der Waals surface area contributed by atoms with E-state index >= 15 is 0 Å². The summed E-state index contributed by atoms with van der Waals surface area (Å²) in [5.74, 6) is 1.14. The third kappa shape index (κ3) is 2.17. The summed E-state index contributed by atoms with van der Waals surface area (Å²) >= 11 is 0. The lowest BCUT2D eigenvalue weighted by molar-refractivity contribution is 0.251. The second-order valence-electron chi connectivity index (χ2n) is 6.42. The van der Waals surface area contributed by atoms with E-state index in [-0.39, 0.29) is 6.03 Å².